The van der Waals surface area contributed by atoms with Crippen LogP contribution >= 0.6 is 0 Å². The molecule has 0 saturated heterocycles. The number of hydrogen-bond donors (Lipinski definition) is 3. The Morgan fingerprint density at radius 3 is 2.86 bits per heavy atom. The molecule has 2 heterocycles. The summed E-state index contributed by atoms with van der Waals surface area (Å²) in [5.74, 6) is 0.0521. The Morgan fingerprint density at radius 2 is 2.14 bits per heavy atom. The Labute approximate surface area is 122 Å². The van der Waals surface area contributed by atoms with Crippen molar-refractivity contribution >= 4 is 15.8 Å². The average Bonchev–Trinajstić information content (AvgIpc) is 3.02. The molecule has 1 aliphatic heterocycles. The number of nitrogens with one attached hydrogen (secondary N) is 2. The van der Waals surface area contributed by atoms with Crippen LogP contribution in [-0.2, 0) is 29.7 Å². The third-order valence-electron chi connectivity index (χ3n) is 3.47. The Balaban J connectivity index is 1.78. The van der Waals surface area contributed by atoms with E-state index in [1.165, 1.54) is 18.1 Å². The molecule has 4 N–H and O–H groups in total. The molecule has 8 heteroatoms. The van der Waals surface area contributed by atoms with Crippen molar-refractivity contribution in [3.8, 4) is 0 Å². The van der Waals surface area contributed by atoms with Crippen molar-refractivity contribution in [3.05, 3.63) is 40.6 Å². The van der Waals surface area contributed by atoms with Crippen LogP contribution in [0.2, 0.25) is 0 Å². The van der Waals surface area contributed by atoms with Crippen molar-refractivity contribution < 1.29 is 12.9 Å². The highest BCUT2D eigenvalue weighted by molar-refractivity contribution is 7.89. The highest BCUT2D eigenvalue weighted by Crippen LogP contribution is 2.22. The van der Waals surface area contributed by atoms with E-state index >= 15 is 0 Å². The van der Waals surface area contributed by atoms with Crippen LogP contribution in [0.5, 0.6) is 0 Å². The first kappa shape index (κ1) is 14.1. The highest BCUT2D eigenvalue weighted by atomic mass is 32.2. The van der Waals surface area contributed by atoms with E-state index in [0.717, 1.165) is 18.7 Å². The SMILES string of the molecule is Cc1onc(N)c1S(=O)(=O)NCc1ccc2c(c1)CNC2. The first-order chi connectivity index (χ1) is 9.97. The Hall–Kier alpha value is -1.90. The number of rotatable bonds is 4. The maximum Gasteiger partial charge on any atom is 0.248 e. The molecule has 0 amide bonds. The van der Waals surface area contributed by atoms with Gasteiger partial charge >= 0.3 is 0 Å². The van der Waals surface area contributed by atoms with E-state index in [4.69, 9.17) is 10.3 Å². The van der Waals surface area contributed by atoms with E-state index in [0.29, 0.717) is 0 Å². The van der Waals surface area contributed by atoms with Gasteiger partial charge in [-0.3, -0.25) is 0 Å². The lowest BCUT2D eigenvalue weighted by Crippen LogP contribution is -2.24. The maximum atomic E-state index is 12.2. The van der Waals surface area contributed by atoms with E-state index in [1.54, 1.807) is 0 Å². The summed E-state index contributed by atoms with van der Waals surface area (Å²) >= 11 is 0. The molecule has 0 unspecified atom stereocenters. The molecule has 112 valence electrons. The summed E-state index contributed by atoms with van der Waals surface area (Å²) in [6, 6.07) is 5.93. The van der Waals surface area contributed by atoms with Gasteiger partial charge in [-0.15, -0.1) is 0 Å². The van der Waals surface area contributed by atoms with Crippen LogP contribution in [0.15, 0.2) is 27.6 Å². The van der Waals surface area contributed by atoms with Gasteiger partial charge in [-0.05, 0) is 23.6 Å². The normalized spacial score (nSPS) is 14.3. The highest BCUT2D eigenvalue weighted by Gasteiger charge is 2.24. The zero-order valence-electron chi connectivity index (χ0n) is 11.5. The standard InChI is InChI=1S/C13H16N4O3S/c1-8-12(13(14)17-20-8)21(18,19)16-5-9-2-3-10-6-15-7-11(10)4-9/h2-4,15-16H,5-7H2,1H3,(H2,14,17). The van der Waals surface area contributed by atoms with Crippen molar-refractivity contribution in [2.75, 3.05) is 5.73 Å². The number of hydrogen-bond acceptors (Lipinski definition) is 6. The zero-order chi connectivity index (χ0) is 15.0. The molecular formula is C13H16N4O3S. The van der Waals surface area contributed by atoms with Gasteiger partial charge < -0.3 is 15.6 Å². The summed E-state index contributed by atoms with van der Waals surface area (Å²) in [4.78, 5) is -0.0923. The van der Waals surface area contributed by atoms with Crippen molar-refractivity contribution in [1.29, 1.82) is 0 Å². The van der Waals surface area contributed by atoms with Crippen LogP contribution in [0.3, 0.4) is 0 Å². The molecular weight excluding hydrogens is 292 g/mol. The van der Waals surface area contributed by atoms with Gasteiger partial charge in [-0.1, -0.05) is 23.4 Å². The summed E-state index contributed by atoms with van der Waals surface area (Å²) in [7, 11) is -3.74. The van der Waals surface area contributed by atoms with Crippen LogP contribution in [0.4, 0.5) is 5.82 Å². The second-order valence-corrected chi connectivity index (χ2v) is 6.69. The van der Waals surface area contributed by atoms with Gasteiger partial charge in [0.15, 0.2) is 16.5 Å². The topological polar surface area (TPSA) is 110 Å². The Morgan fingerprint density at radius 1 is 1.38 bits per heavy atom. The molecule has 21 heavy (non-hydrogen) atoms. The van der Waals surface area contributed by atoms with Crippen molar-refractivity contribution in [2.24, 2.45) is 0 Å². The number of anilines is 1. The molecule has 0 fully saturated rings. The fourth-order valence-electron chi connectivity index (χ4n) is 2.42. The largest absolute Gasteiger partial charge is 0.380 e. The molecule has 7 nitrogen and oxygen atoms in total. The predicted molar refractivity (Wildman–Crippen MR) is 76.7 cm³/mol. The molecule has 0 bridgehead atoms. The summed E-state index contributed by atoms with van der Waals surface area (Å²) in [5.41, 5.74) is 8.89. The first-order valence-electron chi connectivity index (χ1n) is 6.50. The van der Waals surface area contributed by atoms with Gasteiger partial charge in [-0.2, -0.15) is 0 Å². The number of nitrogens with two attached hydrogens (primary N) is 1. The summed E-state index contributed by atoms with van der Waals surface area (Å²) in [5, 5.41) is 6.71. The van der Waals surface area contributed by atoms with E-state index in [1.807, 2.05) is 18.2 Å². The second kappa shape index (κ2) is 5.14. The number of aromatic nitrogens is 1. The number of nitrogen functional groups attached to an aromatic ring is 1. The third-order valence-corrected chi connectivity index (χ3v) is 5.03. The van der Waals surface area contributed by atoms with Crippen LogP contribution in [0.25, 0.3) is 0 Å². The van der Waals surface area contributed by atoms with E-state index in [-0.39, 0.29) is 23.0 Å². The van der Waals surface area contributed by atoms with Gasteiger partial charge in [-0.25, -0.2) is 13.1 Å². The molecule has 0 saturated carbocycles. The number of benzene rings is 1. The molecule has 2 aromatic rings. The first-order valence-corrected chi connectivity index (χ1v) is 7.98. The third kappa shape index (κ3) is 2.65. The predicted octanol–water partition coefficient (Wildman–Crippen LogP) is 0.647. The summed E-state index contributed by atoms with van der Waals surface area (Å²) in [6.07, 6.45) is 0. The van der Waals surface area contributed by atoms with Gasteiger partial charge in [0, 0.05) is 19.6 Å². The zero-order valence-corrected chi connectivity index (χ0v) is 12.3. The lowest BCUT2D eigenvalue weighted by Gasteiger charge is -2.07. The molecule has 0 aliphatic carbocycles. The fourth-order valence-corrected chi connectivity index (χ4v) is 3.65. The number of nitrogens with zero attached hydrogens (tertiary/aromatic N) is 1. The average molecular weight is 308 g/mol. The van der Waals surface area contributed by atoms with Gasteiger partial charge in [0.2, 0.25) is 10.0 Å². The van der Waals surface area contributed by atoms with Crippen LogP contribution < -0.4 is 15.8 Å². The molecule has 0 spiro atoms. The van der Waals surface area contributed by atoms with E-state index < -0.39 is 10.0 Å². The van der Waals surface area contributed by atoms with E-state index in [2.05, 4.69) is 15.2 Å². The number of sulfonamides is 1. The molecule has 1 aromatic carbocycles. The van der Waals surface area contributed by atoms with E-state index in [9.17, 15) is 8.42 Å². The van der Waals surface area contributed by atoms with Crippen molar-refractivity contribution in [3.63, 3.8) is 0 Å². The molecule has 3 rings (SSSR count). The molecule has 1 aliphatic rings. The smallest absolute Gasteiger partial charge is 0.248 e. The quantitative estimate of drug-likeness (QED) is 0.765. The maximum absolute atomic E-state index is 12.2. The van der Waals surface area contributed by atoms with Gasteiger partial charge in [0.25, 0.3) is 0 Å². The fraction of sp³-hybridized carbons (Fsp3) is 0.308. The van der Waals surface area contributed by atoms with Crippen LogP contribution in [0, 0.1) is 6.92 Å². The van der Waals surface area contributed by atoms with Crippen LogP contribution in [0.1, 0.15) is 22.5 Å². The molecule has 0 atom stereocenters. The number of fused-ring (bicyclic) bond motifs is 1. The number of aryl methyl sites for hydroxylation is 1. The Bertz CT molecular complexity index is 763. The molecule has 0 radical (unpaired) electrons. The minimum atomic E-state index is -3.74. The molecule has 1 aromatic heterocycles. The summed E-state index contributed by atoms with van der Waals surface area (Å²) in [6.45, 7) is 3.38. The van der Waals surface area contributed by atoms with Crippen LogP contribution in [-0.4, -0.2) is 13.6 Å². The Kier molecular flexibility index (Phi) is 3.44. The van der Waals surface area contributed by atoms with Gasteiger partial charge in [0.1, 0.15) is 0 Å². The lowest BCUT2D eigenvalue weighted by atomic mass is 10.1. The minimum absolute atomic E-state index is 0.0923. The second-order valence-electron chi connectivity index (χ2n) is 4.98. The monoisotopic (exact) mass is 308 g/mol. The van der Waals surface area contributed by atoms with Gasteiger partial charge in [0.05, 0.1) is 0 Å². The van der Waals surface area contributed by atoms with Crippen molar-refractivity contribution in [1.82, 2.24) is 15.2 Å². The van der Waals surface area contributed by atoms with Crippen molar-refractivity contribution in [2.45, 2.75) is 31.5 Å². The minimum Gasteiger partial charge on any atom is -0.380 e. The summed E-state index contributed by atoms with van der Waals surface area (Å²) < 4.78 is 31.8. The lowest BCUT2D eigenvalue weighted by molar-refractivity contribution is 0.396.